The van der Waals surface area contributed by atoms with Crippen LogP contribution in [-0.2, 0) is 14.4 Å². The molecule has 1 aromatic rings. The minimum Gasteiger partial charge on any atom is -0.348 e. The van der Waals surface area contributed by atoms with Crippen LogP contribution in [0.2, 0.25) is 0 Å². The average molecular weight is 277 g/mol. The summed E-state index contributed by atoms with van der Waals surface area (Å²) in [5, 5.41) is 7.62. The molecule has 6 nitrogen and oxygen atoms in total. The van der Waals surface area contributed by atoms with Crippen LogP contribution in [0, 0.1) is 5.92 Å². The van der Waals surface area contributed by atoms with E-state index in [4.69, 9.17) is 0 Å². The third kappa shape index (κ3) is 5.51. The van der Waals surface area contributed by atoms with Crippen LogP contribution in [0.15, 0.2) is 24.3 Å². The van der Waals surface area contributed by atoms with Crippen molar-refractivity contribution in [2.75, 3.05) is 17.2 Å². The Morgan fingerprint density at radius 2 is 1.45 bits per heavy atom. The molecule has 108 valence electrons. The Labute approximate surface area is 117 Å². The lowest BCUT2D eigenvalue weighted by molar-refractivity contribution is -0.136. The van der Waals surface area contributed by atoms with Crippen molar-refractivity contribution in [1.29, 1.82) is 0 Å². The molecule has 1 rings (SSSR count). The van der Waals surface area contributed by atoms with E-state index in [9.17, 15) is 14.4 Å². The summed E-state index contributed by atoms with van der Waals surface area (Å²) in [7, 11) is 0. The Morgan fingerprint density at radius 1 is 0.950 bits per heavy atom. The Hall–Kier alpha value is -2.37. The first kappa shape index (κ1) is 15.7. The lowest BCUT2D eigenvalue weighted by Gasteiger charge is -2.08. The molecule has 0 unspecified atom stereocenters. The highest BCUT2D eigenvalue weighted by Gasteiger charge is 2.13. The maximum atomic E-state index is 11.6. The fraction of sp³-hybridized carbons (Fsp3) is 0.357. The second kappa shape index (κ2) is 7.28. The van der Waals surface area contributed by atoms with Gasteiger partial charge in [-0.3, -0.25) is 14.4 Å². The second-order valence-electron chi connectivity index (χ2n) is 4.82. The van der Waals surface area contributed by atoms with E-state index in [-0.39, 0.29) is 11.8 Å². The normalized spacial score (nSPS) is 10.0. The molecule has 0 fully saturated rings. The number of rotatable bonds is 4. The van der Waals surface area contributed by atoms with Crippen LogP contribution >= 0.6 is 0 Å². The van der Waals surface area contributed by atoms with Crippen molar-refractivity contribution in [2.24, 2.45) is 5.92 Å². The molecule has 0 aliphatic carbocycles. The van der Waals surface area contributed by atoms with Gasteiger partial charge in [0.05, 0.1) is 0 Å². The number of amides is 3. The zero-order chi connectivity index (χ0) is 15.1. The van der Waals surface area contributed by atoms with Crippen molar-refractivity contribution in [3.63, 3.8) is 0 Å². The topological polar surface area (TPSA) is 87.3 Å². The van der Waals surface area contributed by atoms with Gasteiger partial charge >= 0.3 is 11.8 Å². The summed E-state index contributed by atoms with van der Waals surface area (Å²) in [4.78, 5) is 33.9. The quantitative estimate of drug-likeness (QED) is 0.726. The number of carbonyl (C=O) groups excluding carboxylic acids is 3. The first-order chi connectivity index (χ1) is 9.38. The van der Waals surface area contributed by atoms with E-state index in [0.717, 1.165) is 0 Å². The monoisotopic (exact) mass is 277 g/mol. The van der Waals surface area contributed by atoms with Gasteiger partial charge in [0.1, 0.15) is 0 Å². The van der Waals surface area contributed by atoms with Gasteiger partial charge in [-0.05, 0) is 30.2 Å². The predicted molar refractivity (Wildman–Crippen MR) is 77.2 cm³/mol. The molecule has 20 heavy (non-hydrogen) atoms. The average Bonchev–Trinajstić information content (AvgIpc) is 2.37. The Balaban J connectivity index is 2.53. The largest absolute Gasteiger partial charge is 0.348 e. The molecule has 0 atom stereocenters. The highest BCUT2D eigenvalue weighted by molar-refractivity contribution is 6.39. The zero-order valence-corrected chi connectivity index (χ0v) is 11.8. The molecule has 0 aliphatic heterocycles. The molecule has 6 heteroatoms. The maximum absolute atomic E-state index is 11.6. The van der Waals surface area contributed by atoms with Gasteiger partial charge in [0.15, 0.2) is 0 Å². The molecule has 3 N–H and O–H groups in total. The van der Waals surface area contributed by atoms with Gasteiger partial charge in [-0.25, -0.2) is 0 Å². The van der Waals surface area contributed by atoms with E-state index in [2.05, 4.69) is 16.0 Å². The minimum absolute atomic E-state index is 0.171. The maximum Gasteiger partial charge on any atom is 0.313 e. The molecule has 0 saturated heterocycles. The molecule has 0 bridgehead atoms. The molecule has 0 aromatic heterocycles. The van der Waals surface area contributed by atoms with E-state index >= 15 is 0 Å². The van der Waals surface area contributed by atoms with Crippen LogP contribution in [-0.4, -0.2) is 24.3 Å². The lowest BCUT2D eigenvalue weighted by Crippen LogP contribution is -2.37. The van der Waals surface area contributed by atoms with Crippen molar-refractivity contribution in [1.82, 2.24) is 5.32 Å². The third-order valence-corrected chi connectivity index (χ3v) is 2.34. The summed E-state index contributed by atoms with van der Waals surface area (Å²) in [6.45, 7) is 5.75. The fourth-order valence-corrected chi connectivity index (χ4v) is 1.41. The summed E-state index contributed by atoms with van der Waals surface area (Å²) in [6.07, 6.45) is 0. The highest BCUT2D eigenvalue weighted by atomic mass is 16.2. The van der Waals surface area contributed by atoms with E-state index < -0.39 is 11.8 Å². The molecule has 0 heterocycles. The van der Waals surface area contributed by atoms with Crippen molar-refractivity contribution >= 4 is 29.1 Å². The van der Waals surface area contributed by atoms with Crippen LogP contribution in [0.25, 0.3) is 0 Å². The summed E-state index contributed by atoms with van der Waals surface area (Å²) in [5.41, 5.74) is 1.11. The first-order valence-corrected chi connectivity index (χ1v) is 6.35. The van der Waals surface area contributed by atoms with Crippen LogP contribution in [0.1, 0.15) is 20.8 Å². The number of anilines is 2. The SMILES string of the molecule is CC(=O)Nc1ccc(NC(=O)C(=O)NCC(C)C)cc1. The predicted octanol–water partition coefficient (Wildman–Crippen LogP) is 1.36. The third-order valence-electron chi connectivity index (χ3n) is 2.34. The van der Waals surface area contributed by atoms with Crippen molar-refractivity contribution in [3.05, 3.63) is 24.3 Å². The molecule has 0 aliphatic rings. The molecule has 1 aromatic carbocycles. The van der Waals surface area contributed by atoms with Crippen molar-refractivity contribution in [2.45, 2.75) is 20.8 Å². The van der Waals surface area contributed by atoms with Crippen LogP contribution < -0.4 is 16.0 Å². The van der Waals surface area contributed by atoms with Gasteiger partial charge in [-0.1, -0.05) is 13.8 Å². The Morgan fingerprint density at radius 3 is 1.90 bits per heavy atom. The van der Waals surface area contributed by atoms with Crippen LogP contribution in [0.4, 0.5) is 11.4 Å². The van der Waals surface area contributed by atoms with Crippen molar-refractivity contribution in [3.8, 4) is 0 Å². The summed E-state index contributed by atoms with van der Waals surface area (Å²) in [5.74, 6) is -1.26. The first-order valence-electron chi connectivity index (χ1n) is 6.35. The lowest BCUT2D eigenvalue weighted by atomic mass is 10.2. The van der Waals surface area contributed by atoms with Gasteiger partial charge in [-0.2, -0.15) is 0 Å². The number of benzene rings is 1. The number of nitrogens with one attached hydrogen (secondary N) is 3. The fourth-order valence-electron chi connectivity index (χ4n) is 1.41. The number of carbonyl (C=O) groups is 3. The number of hydrogen-bond acceptors (Lipinski definition) is 3. The van der Waals surface area contributed by atoms with Gasteiger partial charge in [0.2, 0.25) is 5.91 Å². The molecule has 3 amide bonds. The van der Waals surface area contributed by atoms with Gasteiger partial charge in [-0.15, -0.1) is 0 Å². The molecule has 0 radical (unpaired) electrons. The molecule has 0 saturated carbocycles. The minimum atomic E-state index is -0.710. The van der Waals surface area contributed by atoms with E-state index in [0.29, 0.717) is 17.9 Å². The Bertz CT molecular complexity index is 495. The van der Waals surface area contributed by atoms with Gasteiger partial charge in [0, 0.05) is 24.8 Å². The molecular formula is C14H19N3O3. The molecule has 0 spiro atoms. The van der Waals surface area contributed by atoms with E-state index in [1.54, 1.807) is 24.3 Å². The summed E-state index contributed by atoms with van der Waals surface area (Å²) < 4.78 is 0. The highest BCUT2D eigenvalue weighted by Crippen LogP contribution is 2.13. The van der Waals surface area contributed by atoms with Crippen LogP contribution in [0.5, 0.6) is 0 Å². The van der Waals surface area contributed by atoms with Gasteiger partial charge < -0.3 is 16.0 Å². The molecular weight excluding hydrogens is 258 g/mol. The number of hydrogen-bond donors (Lipinski definition) is 3. The smallest absolute Gasteiger partial charge is 0.313 e. The summed E-state index contributed by atoms with van der Waals surface area (Å²) in [6, 6.07) is 6.50. The Kier molecular flexibility index (Phi) is 5.71. The van der Waals surface area contributed by atoms with E-state index in [1.807, 2.05) is 13.8 Å². The van der Waals surface area contributed by atoms with Crippen molar-refractivity contribution < 1.29 is 14.4 Å². The van der Waals surface area contributed by atoms with Crippen LogP contribution in [0.3, 0.4) is 0 Å². The van der Waals surface area contributed by atoms with E-state index in [1.165, 1.54) is 6.92 Å². The standard InChI is InChI=1S/C14H19N3O3/c1-9(2)8-15-13(19)14(20)17-12-6-4-11(5-7-12)16-10(3)18/h4-7,9H,8H2,1-3H3,(H,15,19)(H,16,18)(H,17,20). The zero-order valence-electron chi connectivity index (χ0n) is 11.8. The second-order valence-corrected chi connectivity index (χ2v) is 4.82. The summed E-state index contributed by atoms with van der Waals surface area (Å²) >= 11 is 0. The van der Waals surface area contributed by atoms with Gasteiger partial charge in [0.25, 0.3) is 0 Å².